The highest BCUT2D eigenvalue weighted by Gasteiger charge is 2.20. The molecular weight excluding hydrogens is 236 g/mol. The minimum Gasteiger partial charge on any atom is -0.369 e. The second-order valence-corrected chi connectivity index (χ2v) is 4.69. The zero-order valence-electron chi connectivity index (χ0n) is 10.4. The van der Waals surface area contributed by atoms with Crippen molar-refractivity contribution < 1.29 is 0 Å². The Kier molecular flexibility index (Phi) is 5.71. The third-order valence-corrected chi connectivity index (χ3v) is 3.37. The molecule has 5 heteroatoms. The Morgan fingerprint density at radius 2 is 2.00 bits per heavy atom. The molecule has 1 aliphatic rings. The van der Waals surface area contributed by atoms with Gasteiger partial charge in [-0.2, -0.15) is 0 Å². The number of rotatable bonds is 1. The van der Waals surface area contributed by atoms with Gasteiger partial charge in [-0.3, -0.25) is 11.7 Å². The smallest absolute Gasteiger partial charge is 0.0426 e. The van der Waals surface area contributed by atoms with Crippen LogP contribution in [0.1, 0.15) is 6.92 Å². The summed E-state index contributed by atoms with van der Waals surface area (Å²) < 4.78 is 0. The molecule has 0 aliphatic carbocycles. The Bertz CT molecular complexity index is 345. The molecule has 17 heavy (non-hydrogen) atoms. The highest BCUT2D eigenvalue weighted by molar-refractivity contribution is 6.30. The van der Waals surface area contributed by atoms with Crippen molar-refractivity contribution in [1.29, 1.82) is 0 Å². The first-order chi connectivity index (χ1) is 8.16. The number of nitrogens with zero attached hydrogens (tertiary/aromatic N) is 2. The van der Waals surface area contributed by atoms with E-state index in [0.717, 1.165) is 24.7 Å². The van der Waals surface area contributed by atoms with E-state index < -0.39 is 0 Å². The fraction of sp³-hybridized carbons (Fsp3) is 0.500. The maximum Gasteiger partial charge on any atom is 0.0426 e. The average Bonchev–Trinajstić information content (AvgIpc) is 2.35. The van der Waals surface area contributed by atoms with Crippen molar-refractivity contribution in [3.63, 3.8) is 0 Å². The molecule has 1 aromatic carbocycles. The van der Waals surface area contributed by atoms with Crippen LogP contribution in [0.3, 0.4) is 0 Å². The fourth-order valence-corrected chi connectivity index (χ4v) is 2.14. The molecule has 1 heterocycles. The van der Waals surface area contributed by atoms with E-state index in [1.54, 1.807) is 0 Å². The molecule has 96 valence electrons. The molecule has 1 unspecified atom stereocenters. The lowest BCUT2D eigenvalue weighted by Crippen LogP contribution is -2.50. The first-order valence-corrected chi connectivity index (χ1v) is 6.08. The molecule has 1 aliphatic heterocycles. The number of likely N-dealkylation sites (N-methyl/N-ethyl adjacent to an activating group) is 1. The van der Waals surface area contributed by atoms with Gasteiger partial charge in [0, 0.05) is 36.4 Å². The van der Waals surface area contributed by atoms with Crippen LogP contribution < -0.4 is 16.6 Å². The highest BCUT2D eigenvalue weighted by atomic mass is 35.5. The Balaban J connectivity index is 0.000000686. The number of anilines is 1. The van der Waals surface area contributed by atoms with Gasteiger partial charge in [-0.25, -0.2) is 0 Å². The minimum absolute atomic E-state index is 0.609. The summed E-state index contributed by atoms with van der Waals surface area (Å²) in [6, 6.07) is 8.71. The average molecular weight is 257 g/mol. The summed E-state index contributed by atoms with van der Waals surface area (Å²) in [5.74, 6) is 8.00. The highest BCUT2D eigenvalue weighted by Crippen LogP contribution is 2.21. The molecule has 0 spiro atoms. The SMILES string of the molecule is CC1CN(c2cccc(Cl)c2)CCN1C.NN. The number of hydrogen-bond donors (Lipinski definition) is 2. The molecule has 2 rings (SSSR count). The van der Waals surface area contributed by atoms with Crippen LogP contribution in [0, 0.1) is 0 Å². The number of hydrogen-bond acceptors (Lipinski definition) is 4. The van der Waals surface area contributed by atoms with Crippen molar-refractivity contribution in [2.24, 2.45) is 11.7 Å². The van der Waals surface area contributed by atoms with Gasteiger partial charge in [0.15, 0.2) is 0 Å². The monoisotopic (exact) mass is 256 g/mol. The lowest BCUT2D eigenvalue weighted by molar-refractivity contribution is 0.234. The maximum atomic E-state index is 5.99. The molecule has 0 bridgehead atoms. The number of nitrogens with two attached hydrogens (primary N) is 2. The van der Waals surface area contributed by atoms with Gasteiger partial charge in [0.1, 0.15) is 0 Å². The summed E-state index contributed by atoms with van der Waals surface area (Å²) in [6.07, 6.45) is 0. The van der Waals surface area contributed by atoms with Crippen LogP contribution in [-0.2, 0) is 0 Å². The van der Waals surface area contributed by atoms with Crippen LogP contribution in [0.15, 0.2) is 24.3 Å². The summed E-state index contributed by atoms with van der Waals surface area (Å²) in [6.45, 7) is 5.54. The second-order valence-electron chi connectivity index (χ2n) is 4.26. The molecule has 1 atom stereocenters. The van der Waals surface area contributed by atoms with E-state index in [4.69, 9.17) is 11.6 Å². The molecule has 4 nitrogen and oxygen atoms in total. The predicted molar refractivity (Wildman–Crippen MR) is 74.1 cm³/mol. The Labute approximate surface area is 108 Å². The van der Waals surface area contributed by atoms with Gasteiger partial charge in [0.05, 0.1) is 0 Å². The van der Waals surface area contributed by atoms with E-state index in [2.05, 4.69) is 41.5 Å². The molecule has 1 fully saturated rings. The quantitative estimate of drug-likeness (QED) is 0.588. The predicted octanol–water partition coefficient (Wildman–Crippen LogP) is 1.30. The zero-order valence-corrected chi connectivity index (χ0v) is 11.2. The minimum atomic E-state index is 0.609. The molecule has 0 saturated carbocycles. The van der Waals surface area contributed by atoms with Crippen molar-refractivity contribution in [2.75, 3.05) is 31.6 Å². The maximum absolute atomic E-state index is 5.99. The summed E-state index contributed by atoms with van der Waals surface area (Å²) >= 11 is 5.99. The van der Waals surface area contributed by atoms with Crippen LogP contribution in [0.5, 0.6) is 0 Å². The first-order valence-electron chi connectivity index (χ1n) is 5.71. The van der Waals surface area contributed by atoms with Crippen LogP contribution in [0.4, 0.5) is 5.69 Å². The summed E-state index contributed by atoms with van der Waals surface area (Å²) in [4.78, 5) is 4.79. The van der Waals surface area contributed by atoms with Gasteiger partial charge in [-0.1, -0.05) is 17.7 Å². The Morgan fingerprint density at radius 1 is 1.29 bits per heavy atom. The Morgan fingerprint density at radius 3 is 2.59 bits per heavy atom. The van der Waals surface area contributed by atoms with Crippen LogP contribution in [0.2, 0.25) is 5.02 Å². The number of piperazine rings is 1. The third kappa shape index (κ3) is 3.85. The van der Waals surface area contributed by atoms with Crippen LogP contribution >= 0.6 is 11.6 Å². The van der Waals surface area contributed by atoms with Crippen LogP contribution in [0.25, 0.3) is 0 Å². The van der Waals surface area contributed by atoms with Gasteiger partial charge in [0.25, 0.3) is 0 Å². The molecular formula is C12H21ClN4. The lowest BCUT2D eigenvalue weighted by Gasteiger charge is -2.39. The second kappa shape index (κ2) is 6.81. The van der Waals surface area contributed by atoms with Crippen molar-refractivity contribution in [2.45, 2.75) is 13.0 Å². The van der Waals surface area contributed by atoms with E-state index in [-0.39, 0.29) is 0 Å². The molecule has 0 amide bonds. The lowest BCUT2D eigenvalue weighted by atomic mass is 10.2. The normalized spacial score (nSPS) is 20.8. The van der Waals surface area contributed by atoms with Crippen molar-refractivity contribution in [3.05, 3.63) is 29.3 Å². The van der Waals surface area contributed by atoms with Crippen molar-refractivity contribution in [1.82, 2.24) is 4.90 Å². The zero-order chi connectivity index (χ0) is 12.8. The van der Waals surface area contributed by atoms with E-state index in [9.17, 15) is 0 Å². The molecule has 1 saturated heterocycles. The largest absolute Gasteiger partial charge is 0.369 e. The van der Waals surface area contributed by atoms with Crippen LogP contribution in [-0.4, -0.2) is 37.6 Å². The number of halogens is 1. The van der Waals surface area contributed by atoms with Crippen molar-refractivity contribution >= 4 is 17.3 Å². The van der Waals surface area contributed by atoms with Gasteiger partial charge in [0.2, 0.25) is 0 Å². The molecule has 1 aromatic rings. The number of benzene rings is 1. The topological polar surface area (TPSA) is 58.5 Å². The van der Waals surface area contributed by atoms with Gasteiger partial charge >= 0.3 is 0 Å². The van der Waals surface area contributed by atoms with Gasteiger partial charge < -0.3 is 9.80 Å². The van der Waals surface area contributed by atoms with Gasteiger partial charge in [-0.15, -0.1) is 0 Å². The summed E-state index contributed by atoms with van der Waals surface area (Å²) in [5, 5.41) is 0.819. The summed E-state index contributed by atoms with van der Waals surface area (Å²) in [5.41, 5.74) is 1.24. The molecule has 4 N–H and O–H groups in total. The summed E-state index contributed by atoms with van der Waals surface area (Å²) in [7, 11) is 2.18. The molecule has 0 aromatic heterocycles. The standard InChI is InChI=1S/C12H17ClN2.H4N2/c1-10-9-15(7-6-14(10)2)12-5-3-4-11(13)8-12;1-2/h3-5,8,10H,6-7,9H2,1-2H3;1-2H2. The van der Waals surface area contributed by atoms with Gasteiger partial charge in [-0.05, 0) is 32.2 Å². The Hall–Kier alpha value is -0.810. The van der Waals surface area contributed by atoms with E-state index in [0.29, 0.717) is 6.04 Å². The van der Waals surface area contributed by atoms with Crippen molar-refractivity contribution in [3.8, 4) is 0 Å². The number of hydrazine groups is 1. The van der Waals surface area contributed by atoms with E-state index >= 15 is 0 Å². The molecule has 0 radical (unpaired) electrons. The fourth-order valence-electron chi connectivity index (χ4n) is 1.96. The third-order valence-electron chi connectivity index (χ3n) is 3.13. The first kappa shape index (κ1) is 14.3. The van der Waals surface area contributed by atoms with E-state index in [1.807, 2.05) is 18.2 Å². The van der Waals surface area contributed by atoms with E-state index in [1.165, 1.54) is 5.69 Å².